The first-order chi connectivity index (χ1) is 6.27. The summed E-state index contributed by atoms with van der Waals surface area (Å²) in [7, 11) is 0. The quantitative estimate of drug-likeness (QED) is 0.609. The van der Waals surface area contributed by atoms with Crippen molar-refractivity contribution in [2.75, 3.05) is 0 Å². The second kappa shape index (κ2) is 5.84. The molecule has 2 nitrogen and oxygen atoms in total. The maximum Gasteiger partial charge on any atom is 0.272 e. The van der Waals surface area contributed by atoms with Gasteiger partial charge in [0.2, 0.25) is 0 Å². The van der Waals surface area contributed by atoms with Crippen LogP contribution < -0.4 is 5.32 Å². The maximum atomic E-state index is 11.3. The van der Waals surface area contributed by atoms with Crippen molar-refractivity contribution >= 4 is 40.7 Å². The van der Waals surface area contributed by atoms with E-state index >= 15 is 0 Å². The Morgan fingerprint density at radius 3 is 2.29 bits per heavy atom. The molecule has 0 aromatic heterocycles. The zero-order chi connectivity index (χ0) is 11.4. The number of rotatable bonds is 4. The van der Waals surface area contributed by atoms with E-state index in [1.807, 2.05) is 13.8 Å². The lowest BCUT2D eigenvalue weighted by atomic mass is 10.0. The standard InChI is InChI=1S/C9H14Cl3NO/c1-4-7(5-6(2)3)13-8(14)9(10,11)12/h4,6-7H,1,5H2,2-3H3,(H,13,14)/t7-/m0/s1. The number of alkyl halides is 3. The smallest absolute Gasteiger partial charge is 0.272 e. The predicted octanol–water partition coefficient (Wildman–Crippen LogP) is 3.07. The van der Waals surface area contributed by atoms with Crippen LogP contribution in [0.2, 0.25) is 0 Å². The van der Waals surface area contributed by atoms with E-state index < -0.39 is 9.70 Å². The van der Waals surface area contributed by atoms with E-state index in [4.69, 9.17) is 34.8 Å². The largest absolute Gasteiger partial charge is 0.346 e. The molecule has 82 valence electrons. The van der Waals surface area contributed by atoms with E-state index in [1.54, 1.807) is 6.08 Å². The zero-order valence-corrected chi connectivity index (χ0v) is 10.5. The van der Waals surface area contributed by atoms with E-state index in [-0.39, 0.29) is 6.04 Å². The molecule has 5 heteroatoms. The van der Waals surface area contributed by atoms with E-state index in [0.717, 1.165) is 6.42 Å². The summed E-state index contributed by atoms with van der Waals surface area (Å²) in [5, 5.41) is 2.59. The highest BCUT2D eigenvalue weighted by molar-refractivity contribution is 6.76. The van der Waals surface area contributed by atoms with E-state index in [2.05, 4.69) is 11.9 Å². The fraction of sp³-hybridized carbons (Fsp3) is 0.667. The molecule has 0 radical (unpaired) electrons. The van der Waals surface area contributed by atoms with Crippen molar-refractivity contribution in [1.29, 1.82) is 0 Å². The summed E-state index contributed by atoms with van der Waals surface area (Å²) in [6, 6.07) is -0.155. The van der Waals surface area contributed by atoms with Gasteiger partial charge in [-0.1, -0.05) is 54.7 Å². The molecule has 0 aliphatic carbocycles. The first-order valence-corrected chi connectivity index (χ1v) is 5.41. The molecule has 0 saturated carbocycles. The second-order valence-electron chi connectivity index (χ2n) is 3.44. The fourth-order valence-electron chi connectivity index (χ4n) is 0.972. The molecule has 0 saturated heterocycles. The van der Waals surface area contributed by atoms with Crippen molar-refractivity contribution in [3.05, 3.63) is 12.7 Å². The van der Waals surface area contributed by atoms with Gasteiger partial charge in [-0.15, -0.1) is 6.58 Å². The number of carbonyl (C=O) groups excluding carboxylic acids is 1. The summed E-state index contributed by atoms with van der Waals surface area (Å²) < 4.78 is -1.90. The number of halogens is 3. The second-order valence-corrected chi connectivity index (χ2v) is 5.72. The molecule has 0 aliphatic heterocycles. The van der Waals surface area contributed by atoms with Gasteiger partial charge in [0.05, 0.1) is 0 Å². The molecular formula is C9H14Cl3NO. The Morgan fingerprint density at radius 1 is 1.50 bits per heavy atom. The molecule has 0 heterocycles. The summed E-state index contributed by atoms with van der Waals surface area (Å²) in [4.78, 5) is 11.3. The number of nitrogens with one attached hydrogen (secondary N) is 1. The summed E-state index contributed by atoms with van der Waals surface area (Å²) in [6.07, 6.45) is 2.41. The van der Waals surface area contributed by atoms with Gasteiger partial charge >= 0.3 is 0 Å². The monoisotopic (exact) mass is 257 g/mol. The Hall–Kier alpha value is 0.0800. The summed E-state index contributed by atoms with van der Waals surface area (Å²) in [5.41, 5.74) is 0. The van der Waals surface area contributed by atoms with Gasteiger partial charge in [-0.3, -0.25) is 4.79 Å². The third-order valence-electron chi connectivity index (χ3n) is 1.58. The Labute approximate surface area is 99.6 Å². The molecule has 0 rings (SSSR count). The molecule has 0 spiro atoms. The lowest BCUT2D eigenvalue weighted by Crippen LogP contribution is -2.41. The Kier molecular flexibility index (Phi) is 5.87. The molecule has 1 amide bonds. The minimum Gasteiger partial charge on any atom is -0.346 e. The minimum absolute atomic E-state index is 0.155. The molecule has 0 fully saturated rings. The molecule has 0 unspecified atom stereocenters. The van der Waals surface area contributed by atoms with Gasteiger partial charge < -0.3 is 5.32 Å². The van der Waals surface area contributed by atoms with Gasteiger partial charge in [-0.05, 0) is 12.3 Å². The van der Waals surface area contributed by atoms with Crippen LogP contribution in [0, 0.1) is 5.92 Å². The van der Waals surface area contributed by atoms with Gasteiger partial charge in [0.1, 0.15) is 0 Å². The van der Waals surface area contributed by atoms with Gasteiger partial charge in [0, 0.05) is 6.04 Å². The minimum atomic E-state index is -1.90. The SMILES string of the molecule is C=C[C@@H](CC(C)C)NC(=O)C(Cl)(Cl)Cl. The topological polar surface area (TPSA) is 29.1 Å². The zero-order valence-electron chi connectivity index (χ0n) is 8.19. The fourth-order valence-corrected chi connectivity index (χ4v) is 1.14. The van der Waals surface area contributed by atoms with Crippen LogP contribution in [0.25, 0.3) is 0 Å². The highest BCUT2D eigenvalue weighted by atomic mass is 35.6. The van der Waals surface area contributed by atoms with Gasteiger partial charge in [-0.25, -0.2) is 0 Å². The lowest BCUT2D eigenvalue weighted by Gasteiger charge is -2.19. The van der Waals surface area contributed by atoms with Crippen LogP contribution in [0.5, 0.6) is 0 Å². The lowest BCUT2D eigenvalue weighted by molar-refractivity contribution is -0.120. The summed E-state index contributed by atoms with van der Waals surface area (Å²) in [6.45, 7) is 7.68. The number of amides is 1. The molecule has 1 N–H and O–H groups in total. The molecule has 0 bridgehead atoms. The van der Waals surface area contributed by atoms with E-state index in [0.29, 0.717) is 5.92 Å². The Bertz CT molecular complexity index is 211. The van der Waals surface area contributed by atoms with Crippen LogP contribution in [0.1, 0.15) is 20.3 Å². The van der Waals surface area contributed by atoms with Crippen LogP contribution in [-0.4, -0.2) is 15.7 Å². The van der Waals surface area contributed by atoms with E-state index in [9.17, 15) is 4.79 Å². The highest BCUT2D eigenvalue weighted by Crippen LogP contribution is 2.26. The van der Waals surface area contributed by atoms with Crippen molar-refractivity contribution in [3.63, 3.8) is 0 Å². The molecule has 14 heavy (non-hydrogen) atoms. The van der Waals surface area contributed by atoms with E-state index in [1.165, 1.54) is 0 Å². The number of hydrogen-bond acceptors (Lipinski definition) is 1. The molecule has 1 atom stereocenters. The van der Waals surface area contributed by atoms with Crippen LogP contribution in [0.4, 0.5) is 0 Å². The summed E-state index contributed by atoms with van der Waals surface area (Å²) >= 11 is 16.2. The molecule has 0 aromatic carbocycles. The first-order valence-electron chi connectivity index (χ1n) is 4.27. The third-order valence-corrected chi connectivity index (χ3v) is 2.10. The van der Waals surface area contributed by atoms with Gasteiger partial charge in [0.15, 0.2) is 0 Å². The summed E-state index contributed by atoms with van der Waals surface area (Å²) in [5.74, 6) is -0.179. The highest BCUT2D eigenvalue weighted by Gasteiger charge is 2.31. The predicted molar refractivity (Wildman–Crippen MR) is 61.9 cm³/mol. The molecule has 0 aromatic rings. The average molecular weight is 259 g/mol. The van der Waals surface area contributed by atoms with Crippen molar-refractivity contribution in [1.82, 2.24) is 5.32 Å². The molecular weight excluding hydrogens is 244 g/mol. The van der Waals surface area contributed by atoms with Crippen molar-refractivity contribution < 1.29 is 4.79 Å². The molecule has 0 aliphatic rings. The van der Waals surface area contributed by atoms with Crippen LogP contribution >= 0.6 is 34.8 Å². The van der Waals surface area contributed by atoms with Crippen molar-refractivity contribution in [3.8, 4) is 0 Å². The normalized spacial score (nSPS) is 13.9. The average Bonchev–Trinajstić information content (AvgIpc) is 2.00. The van der Waals surface area contributed by atoms with Crippen molar-refractivity contribution in [2.45, 2.75) is 30.1 Å². The van der Waals surface area contributed by atoms with Crippen LogP contribution in [0.3, 0.4) is 0 Å². The van der Waals surface area contributed by atoms with Crippen LogP contribution in [0.15, 0.2) is 12.7 Å². The van der Waals surface area contributed by atoms with Gasteiger partial charge in [0.25, 0.3) is 9.70 Å². The van der Waals surface area contributed by atoms with Crippen molar-refractivity contribution in [2.24, 2.45) is 5.92 Å². The number of hydrogen-bond donors (Lipinski definition) is 1. The Morgan fingerprint density at radius 2 is 2.00 bits per heavy atom. The van der Waals surface area contributed by atoms with Gasteiger partial charge in [-0.2, -0.15) is 0 Å². The first kappa shape index (κ1) is 14.1. The Balaban J connectivity index is 4.19. The van der Waals surface area contributed by atoms with Crippen LogP contribution in [-0.2, 0) is 4.79 Å². The maximum absolute atomic E-state index is 11.3. The number of carbonyl (C=O) groups is 1. The third kappa shape index (κ3) is 5.74.